The van der Waals surface area contributed by atoms with Crippen LogP contribution in [-0.2, 0) is 29.3 Å². The number of aliphatic hydroxyl groups is 3. The molecule has 2 aromatic carbocycles. The van der Waals surface area contributed by atoms with Crippen molar-refractivity contribution in [2.24, 2.45) is 0 Å². The van der Waals surface area contributed by atoms with Gasteiger partial charge in [-0.3, -0.25) is 19.3 Å². The Morgan fingerprint density at radius 3 is 2.33 bits per heavy atom. The molecular formula is C39H52N4O11. The number of aliphatic carboxylic acids is 1. The molecule has 15 heteroatoms. The number of nitrogens with zero attached hydrogens (tertiary/aromatic N) is 2. The summed E-state index contributed by atoms with van der Waals surface area (Å²) in [6.07, 6.45) is -4.93. The lowest BCUT2D eigenvalue weighted by Gasteiger charge is -2.49. The van der Waals surface area contributed by atoms with Crippen LogP contribution in [0.1, 0.15) is 66.1 Å². The number of rotatable bonds is 12. The number of phenols is 1. The van der Waals surface area contributed by atoms with Gasteiger partial charge in [0, 0.05) is 58.1 Å². The number of hydrogen-bond donors (Lipinski definition) is 7. The molecule has 2 aromatic rings. The average molecular weight is 753 g/mol. The van der Waals surface area contributed by atoms with E-state index in [4.69, 9.17) is 9.47 Å². The van der Waals surface area contributed by atoms with Gasteiger partial charge in [0.05, 0.1) is 42.4 Å². The molecule has 0 bridgehead atoms. The molecule has 4 fully saturated rings. The zero-order valence-corrected chi connectivity index (χ0v) is 31.0. The minimum atomic E-state index is -2.02. The number of aryl methyl sites for hydroxylation is 2. The predicted molar refractivity (Wildman–Crippen MR) is 194 cm³/mol. The van der Waals surface area contributed by atoms with Gasteiger partial charge in [0.1, 0.15) is 18.0 Å². The number of likely N-dealkylation sites (tertiary alicyclic amines) is 1. The molecule has 15 nitrogen and oxygen atoms in total. The van der Waals surface area contributed by atoms with Crippen LogP contribution in [0, 0.1) is 13.8 Å². The fourth-order valence-electron chi connectivity index (χ4n) is 8.54. The third-order valence-electron chi connectivity index (χ3n) is 11.8. The van der Waals surface area contributed by atoms with Crippen LogP contribution >= 0.6 is 0 Å². The van der Waals surface area contributed by atoms with Gasteiger partial charge in [-0.25, -0.2) is 4.79 Å². The molecule has 1 spiro atoms. The van der Waals surface area contributed by atoms with E-state index in [9.17, 15) is 44.7 Å². The van der Waals surface area contributed by atoms with Crippen LogP contribution in [0.15, 0.2) is 42.5 Å². The van der Waals surface area contributed by atoms with Crippen LogP contribution in [0.4, 0.5) is 0 Å². The Labute approximate surface area is 314 Å². The topological polar surface area (TPSA) is 218 Å². The van der Waals surface area contributed by atoms with Gasteiger partial charge in [-0.05, 0) is 61.9 Å². The van der Waals surface area contributed by atoms with Gasteiger partial charge < -0.3 is 50.5 Å². The van der Waals surface area contributed by atoms with Gasteiger partial charge in [0.2, 0.25) is 11.8 Å². The van der Waals surface area contributed by atoms with Crippen LogP contribution in [0.5, 0.6) is 5.75 Å². The molecule has 0 unspecified atom stereocenters. The summed E-state index contributed by atoms with van der Waals surface area (Å²) < 4.78 is 12.1. The number of carbonyl (C=O) groups is 4. The first-order chi connectivity index (χ1) is 25.6. The smallest absolute Gasteiger partial charge is 0.336 e. The summed E-state index contributed by atoms with van der Waals surface area (Å²) in [6.45, 7) is 6.38. The molecule has 54 heavy (non-hydrogen) atoms. The first-order valence-corrected chi connectivity index (χ1v) is 18.6. The summed E-state index contributed by atoms with van der Waals surface area (Å²) in [5, 5.41) is 59.6. The van der Waals surface area contributed by atoms with E-state index in [1.165, 1.54) is 19.1 Å². The van der Waals surface area contributed by atoms with Crippen molar-refractivity contribution < 1.29 is 54.2 Å². The highest BCUT2D eigenvalue weighted by Gasteiger charge is 2.58. The second kappa shape index (κ2) is 15.6. The summed E-state index contributed by atoms with van der Waals surface area (Å²) in [6, 6.07) is 11.5. The number of carbonyl (C=O) groups excluding carboxylic acids is 3. The van der Waals surface area contributed by atoms with Gasteiger partial charge in [-0.15, -0.1) is 0 Å². The van der Waals surface area contributed by atoms with Crippen LogP contribution in [0.3, 0.4) is 0 Å². The van der Waals surface area contributed by atoms with Gasteiger partial charge in [-0.1, -0.05) is 30.3 Å². The molecule has 1 aliphatic carbocycles. The molecular weight excluding hydrogens is 700 g/mol. The number of benzene rings is 2. The normalized spacial score (nSPS) is 29.0. The Hall–Kier alpha value is -4.12. The monoisotopic (exact) mass is 752 g/mol. The van der Waals surface area contributed by atoms with Crippen molar-refractivity contribution in [3.05, 3.63) is 64.7 Å². The van der Waals surface area contributed by atoms with Crippen LogP contribution in [-0.4, -0.2) is 147 Å². The largest absolute Gasteiger partial charge is 0.507 e. The van der Waals surface area contributed by atoms with E-state index >= 15 is 0 Å². The molecule has 3 heterocycles. The summed E-state index contributed by atoms with van der Waals surface area (Å²) >= 11 is 0. The lowest BCUT2D eigenvalue weighted by Crippen LogP contribution is -2.68. The number of carboxylic acid groups (broad SMARTS) is 1. The van der Waals surface area contributed by atoms with Crippen molar-refractivity contribution in [2.45, 2.75) is 99.9 Å². The molecule has 3 saturated heterocycles. The number of amides is 3. The lowest BCUT2D eigenvalue weighted by atomic mass is 9.81. The lowest BCUT2D eigenvalue weighted by molar-refractivity contribution is -0.231. The van der Waals surface area contributed by atoms with Gasteiger partial charge in [-0.2, -0.15) is 0 Å². The first kappa shape index (κ1) is 39.6. The Morgan fingerprint density at radius 2 is 1.70 bits per heavy atom. The van der Waals surface area contributed by atoms with E-state index in [1.54, 1.807) is 13.8 Å². The number of ether oxygens (including phenoxy) is 2. The molecule has 6 rings (SSSR count). The highest BCUT2D eigenvalue weighted by atomic mass is 16.6. The minimum absolute atomic E-state index is 0.0513. The molecule has 0 radical (unpaired) electrons. The molecule has 4 aliphatic rings. The molecule has 7 atom stereocenters. The van der Waals surface area contributed by atoms with Crippen LogP contribution in [0.2, 0.25) is 0 Å². The predicted octanol–water partition coefficient (Wildman–Crippen LogP) is 0.364. The fraction of sp³-hybridized carbons (Fsp3) is 0.590. The van der Waals surface area contributed by atoms with Crippen molar-refractivity contribution in [3.8, 4) is 5.75 Å². The molecule has 7 N–H and O–H groups in total. The SMILES string of the molecule is CC(=O)N[C@H]1[C@H]([C@H](O)[C@H](O)CNC(=O)c2cc(C)c(O)c(C)c2)O[C@@](CCN2CCOC[C@@]23CCN(C(=O)C2(c4ccccc4)CC2)C3)(C(=O)O)C[C@@H]1O. The Morgan fingerprint density at radius 1 is 1.02 bits per heavy atom. The molecule has 3 amide bonds. The first-order valence-electron chi connectivity index (χ1n) is 18.6. The number of aromatic hydroxyl groups is 1. The second-order valence-corrected chi connectivity index (χ2v) is 15.5. The van der Waals surface area contributed by atoms with Gasteiger partial charge >= 0.3 is 5.97 Å². The van der Waals surface area contributed by atoms with Crippen molar-refractivity contribution in [2.75, 3.05) is 45.9 Å². The molecule has 0 aromatic heterocycles. The number of carboxylic acids is 1. The van der Waals surface area contributed by atoms with Gasteiger partial charge in [0.15, 0.2) is 5.60 Å². The van der Waals surface area contributed by atoms with Crippen LogP contribution in [0.25, 0.3) is 0 Å². The number of aliphatic hydroxyl groups excluding tert-OH is 3. The van der Waals surface area contributed by atoms with Crippen molar-refractivity contribution in [3.63, 3.8) is 0 Å². The Kier molecular flexibility index (Phi) is 11.4. The number of morpholine rings is 1. The standard InChI is InChI=1S/C39H52N4O11/c1-23-17-26(18-24(2)31(23)47)34(49)40-20-29(46)32(48)33-30(41-25(3)44)28(45)19-39(54-33,36(51)52)12-14-43-15-16-53-22-37(43)11-13-42(21-37)35(50)38(9-10-38)27-7-5-4-6-8-27/h4-8,17-18,28-30,32-33,45-48H,9-16,19-22H2,1-3H3,(H,40,49)(H,41,44)(H,51,52)/t28-,29+,30+,32+,33+,37-,39+/m0/s1. The average Bonchev–Trinajstić information content (AvgIpc) is 3.86. The number of hydrogen-bond acceptors (Lipinski definition) is 11. The molecule has 294 valence electrons. The number of nitrogens with one attached hydrogen (secondary N) is 2. The van der Waals surface area contributed by atoms with E-state index < -0.39 is 77.8 Å². The van der Waals surface area contributed by atoms with E-state index in [2.05, 4.69) is 15.5 Å². The van der Waals surface area contributed by atoms with Crippen molar-refractivity contribution in [1.29, 1.82) is 0 Å². The van der Waals surface area contributed by atoms with Crippen molar-refractivity contribution >= 4 is 23.7 Å². The van der Waals surface area contributed by atoms with E-state index in [1.807, 2.05) is 35.2 Å². The maximum atomic E-state index is 13.9. The van der Waals surface area contributed by atoms with Crippen molar-refractivity contribution in [1.82, 2.24) is 20.4 Å². The quantitative estimate of drug-likeness (QED) is 0.157. The summed E-state index contributed by atoms with van der Waals surface area (Å²) in [5.41, 5.74) is -0.932. The Balaban J connectivity index is 1.16. The maximum absolute atomic E-state index is 13.9. The Bertz CT molecular complexity index is 1710. The number of phenolic OH excluding ortho intramolecular Hbond substituents is 1. The zero-order valence-electron chi connectivity index (χ0n) is 31.0. The third kappa shape index (κ3) is 7.70. The third-order valence-corrected chi connectivity index (χ3v) is 11.8. The summed E-state index contributed by atoms with van der Waals surface area (Å²) in [7, 11) is 0. The summed E-state index contributed by atoms with van der Waals surface area (Å²) in [5.74, 6) is -2.41. The maximum Gasteiger partial charge on any atom is 0.336 e. The van der Waals surface area contributed by atoms with E-state index in [-0.39, 0.29) is 30.2 Å². The zero-order chi connectivity index (χ0) is 39.0. The van der Waals surface area contributed by atoms with Crippen LogP contribution < -0.4 is 10.6 Å². The second-order valence-electron chi connectivity index (χ2n) is 15.5. The van der Waals surface area contributed by atoms with Gasteiger partial charge in [0.25, 0.3) is 5.91 Å². The highest BCUT2D eigenvalue weighted by Crippen LogP contribution is 2.50. The highest BCUT2D eigenvalue weighted by molar-refractivity contribution is 5.95. The minimum Gasteiger partial charge on any atom is -0.507 e. The molecule has 3 aliphatic heterocycles. The van der Waals surface area contributed by atoms with E-state index in [0.29, 0.717) is 50.4 Å². The summed E-state index contributed by atoms with van der Waals surface area (Å²) in [4.78, 5) is 56.1. The fourth-order valence-corrected chi connectivity index (χ4v) is 8.54. The van der Waals surface area contributed by atoms with E-state index in [0.717, 1.165) is 18.4 Å². The molecule has 1 saturated carbocycles.